The van der Waals surface area contributed by atoms with Crippen LogP contribution >= 0.6 is 15.9 Å². The topological polar surface area (TPSA) is 110 Å². The number of imidazole rings is 1. The van der Waals surface area contributed by atoms with E-state index < -0.39 is 24.9 Å². The van der Waals surface area contributed by atoms with Gasteiger partial charge in [-0.15, -0.1) is 0 Å². The van der Waals surface area contributed by atoms with E-state index in [1.54, 1.807) is 18.2 Å². The van der Waals surface area contributed by atoms with E-state index in [2.05, 4.69) is 25.9 Å². The SMILES string of the molecule is OC[C@@H](O)C(O)[C@H](O)c1nc2ccc(Br)cc2[nH]1. The molecule has 1 aromatic heterocycles. The number of hydrogen-bond donors (Lipinski definition) is 5. The molecule has 0 amide bonds. The number of H-pyrrole nitrogens is 1. The van der Waals surface area contributed by atoms with E-state index in [0.717, 1.165) is 4.47 Å². The second-order valence-electron chi connectivity index (χ2n) is 3.97. The molecule has 1 heterocycles. The molecule has 0 saturated heterocycles. The number of hydrogen-bond acceptors (Lipinski definition) is 5. The van der Waals surface area contributed by atoms with Crippen molar-refractivity contribution >= 4 is 27.0 Å². The zero-order chi connectivity index (χ0) is 13.3. The second kappa shape index (κ2) is 5.33. The predicted molar refractivity (Wildman–Crippen MR) is 67.9 cm³/mol. The van der Waals surface area contributed by atoms with Crippen LogP contribution < -0.4 is 0 Å². The van der Waals surface area contributed by atoms with Crippen molar-refractivity contribution in [3.8, 4) is 0 Å². The van der Waals surface area contributed by atoms with E-state index >= 15 is 0 Å². The molecule has 0 fully saturated rings. The lowest BCUT2D eigenvalue weighted by Gasteiger charge is -2.19. The summed E-state index contributed by atoms with van der Waals surface area (Å²) in [7, 11) is 0. The lowest BCUT2D eigenvalue weighted by atomic mass is 10.1. The summed E-state index contributed by atoms with van der Waals surface area (Å²) < 4.78 is 0.857. The zero-order valence-electron chi connectivity index (χ0n) is 9.29. The van der Waals surface area contributed by atoms with Gasteiger partial charge in [-0.3, -0.25) is 0 Å². The first-order valence-electron chi connectivity index (χ1n) is 5.33. The summed E-state index contributed by atoms with van der Waals surface area (Å²) in [6.07, 6.45) is -4.31. The van der Waals surface area contributed by atoms with Gasteiger partial charge in [-0.1, -0.05) is 15.9 Å². The first-order valence-corrected chi connectivity index (χ1v) is 6.12. The minimum atomic E-state index is -1.50. The molecule has 0 bridgehead atoms. The van der Waals surface area contributed by atoms with Crippen molar-refractivity contribution in [2.24, 2.45) is 0 Å². The fourth-order valence-electron chi connectivity index (χ4n) is 1.62. The maximum absolute atomic E-state index is 9.83. The molecule has 0 saturated carbocycles. The number of aliphatic hydroxyl groups is 4. The third kappa shape index (κ3) is 2.55. The van der Waals surface area contributed by atoms with E-state index in [0.29, 0.717) is 11.0 Å². The van der Waals surface area contributed by atoms with E-state index in [1.165, 1.54) is 0 Å². The van der Waals surface area contributed by atoms with Crippen LogP contribution in [0.25, 0.3) is 11.0 Å². The average Bonchev–Trinajstić information content (AvgIpc) is 2.78. The Balaban J connectivity index is 2.30. The number of aromatic nitrogens is 2. The molecular formula is C11H13BrN2O4. The maximum atomic E-state index is 9.83. The number of benzene rings is 1. The Morgan fingerprint density at radius 3 is 2.67 bits per heavy atom. The van der Waals surface area contributed by atoms with Crippen LogP contribution in [0.3, 0.4) is 0 Å². The molecule has 0 aliphatic heterocycles. The van der Waals surface area contributed by atoms with Gasteiger partial charge in [0.05, 0.1) is 17.6 Å². The van der Waals surface area contributed by atoms with Crippen LogP contribution in [0.5, 0.6) is 0 Å². The van der Waals surface area contributed by atoms with E-state index in [1.807, 2.05) is 0 Å². The first-order chi connectivity index (χ1) is 8.52. The van der Waals surface area contributed by atoms with Crippen molar-refractivity contribution in [3.05, 3.63) is 28.5 Å². The van der Waals surface area contributed by atoms with E-state index in [-0.39, 0.29) is 5.82 Å². The molecule has 0 radical (unpaired) electrons. The van der Waals surface area contributed by atoms with Crippen molar-refractivity contribution in [3.63, 3.8) is 0 Å². The van der Waals surface area contributed by atoms with Crippen molar-refractivity contribution < 1.29 is 20.4 Å². The average molecular weight is 317 g/mol. The third-order valence-electron chi connectivity index (χ3n) is 2.65. The number of halogens is 1. The van der Waals surface area contributed by atoms with Crippen LogP contribution in [0.15, 0.2) is 22.7 Å². The fourth-order valence-corrected chi connectivity index (χ4v) is 1.98. The van der Waals surface area contributed by atoms with Crippen LogP contribution in [-0.2, 0) is 0 Å². The normalized spacial score (nSPS) is 16.7. The first kappa shape index (κ1) is 13.4. The van der Waals surface area contributed by atoms with Crippen LogP contribution in [-0.4, -0.2) is 49.2 Å². The summed E-state index contributed by atoms with van der Waals surface area (Å²) in [6, 6.07) is 5.34. The number of nitrogens with one attached hydrogen (secondary N) is 1. The maximum Gasteiger partial charge on any atom is 0.140 e. The molecule has 1 aromatic carbocycles. The van der Waals surface area contributed by atoms with Gasteiger partial charge in [-0.05, 0) is 18.2 Å². The Kier molecular flexibility index (Phi) is 3.98. The molecule has 18 heavy (non-hydrogen) atoms. The lowest BCUT2D eigenvalue weighted by Crippen LogP contribution is -2.35. The number of aromatic amines is 1. The molecule has 0 aliphatic rings. The second-order valence-corrected chi connectivity index (χ2v) is 4.88. The summed E-state index contributed by atoms with van der Waals surface area (Å²) in [4.78, 5) is 6.96. The smallest absolute Gasteiger partial charge is 0.140 e. The Bertz CT molecular complexity index is 545. The summed E-state index contributed by atoms with van der Waals surface area (Å²) in [5.74, 6) is 0.142. The minimum Gasteiger partial charge on any atom is -0.394 e. The van der Waals surface area contributed by atoms with Crippen LogP contribution in [0.2, 0.25) is 0 Å². The number of nitrogens with zero attached hydrogens (tertiary/aromatic N) is 1. The van der Waals surface area contributed by atoms with Crippen molar-refractivity contribution in [2.45, 2.75) is 18.3 Å². The van der Waals surface area contributed by atoms with Gasteiger partial charge in [0.15, 0.2) is 0 Å². The van der Waals surface area contributed by atoms with Gasteiger partial charge in [-0.2, -0.15) is 0 Å². The van der Waals surface area contributed by atoms with E-state index in [9.17, 15) is 15.3 Å². The molecule has 0 aliphatic carbocycles. The quantitative estimate of drug-likeness (QED) is 0.548. The highest BCUT2D eigenvalue weighted by molar-refractivity contribution is 9.10. The Morgan fingerprint density at radius 1 is 1.28 bits per heavy atom. The summed E-state index contributed by atoms with van der Waals surface area (Å²) in [5.41, 5.74) is 1.34. The monoisotopic (exact) mass is 316 g/mol. The molecule has 0 spiro atoms. The van der Waals surface area contributed by atoms with Crippen molar-refractivity contribution in [1.29, 1.82) is 0 Å². The van der Waals surface area contributed by atoms with Crippen LogP contribution in [0.4, 0.5) is 0 Å². The summed E-state index contributed by atoms with van der Waals surface area (Å²) in [6.45, 7) is -0.635. The Labute approximate surface area is 111 Å². The van der Waals surface area contributed by atoms with Gasteiger partial charge < -0.3 is 25.4 Å². The molecule has 3 atom stereocenters. The highest BCUT2D eigenvalue weighted by atomic mass is 79.9. The van der Waals surface area contributed by atoms with Gasteiger partial charge >= 0.3 is 0 Å². The molecule has 1 unspecified atom stereocenters. The summed E-state index contributed by atoms with van der Waals surface area (Å²) in [5, 5.41) is 37.4. The molecule has 98 valence electrons. The van der Waals surface area contributed by atoms with Crippen molar-refractivity contribution in [1.82, 2.24) is 9.97 Å². The van der Waals surface area contributed by atoms with Crippen LogP contribution in [0.1, 0.15) is 11.9 Å². The third-order valence-corrected chi connectivity index (χ3v) is 3.14. The lowest BCUT2D eigenvalue weighted by molar-refractivity contribution is -0.0800. The molecule has 5 N–H and O–H groups in total. The van der Waals surface area contributed by atoms with Gasteiger partial charge in [-0.25, -0.2) is 4.98 Å². The zero-order valence-corrected chi connectivity index (χ0v) is 10.9. The Hall–Kier alpha value is -0.990. The standard InChI is InChI=1S/C11H13BrN2O4/c12-5-1-2-6-7(3-5)14-11(13-6)10(18)9(17)8(16)4-15/h1-3,8-10,15-18H,4H2,(H,13,14)/t8-,9?,10+/m1/s1. The Morgan fingerprint density at radius 2 is 2.00 bits per heavy atom. The number of rotatable bonds is 4. The molecule has 2 aromatic rings. The van der Waals surface area contributed by atoms with E-state index in [4.69, 9.17) is 5.11 Å². The molecular weight excluding hydrogens is 304 g/mol. The predicted octanol–water partition coefficient (Wildman–Crippen LogP) is 0.0729. The summed E-state index contributed by atoms with van der Waals surface area (Å²) >= 11 is 3.31. The largest absolute Gasteiger partial charge is 0.394 e. The molecule has 7 heteroatoms. The highest BCUT2D eigenvalue weighted by Crippen LogP contribution is 2.22. The van der Waals surface area contributed by atoms with Gasteiger partial charge in [0.2, 0.25) is 0 Å². The van der Waals surface area contributed by atoms with Crippen LogP contribution in [0, 0.1) is 0 Å². The fraction of sp³-hybridized carbons (Fsp3) is 0.364. The van der Waals surface area contributed by atoms with Gasteiger partial charge in [0, 0.05) is 4.47 Å². The van der Waals surface area contributed by atoms with Gasteiger partial charge in [0.1, 0.15) is 24.1 Å². The van der Waals surface area contributed by atoms with Gasteiger partial charge in [0.25, 0.3) is 0 Å². The number of fused-ring (bicyclic) bond motifs is 1. The minimum absolute atomic E-state index is 0.142. The highest BCUT2D eigenvalue weighted by Gasteiger charge is 2.27. The van der Waals surface area contributed by atoms with Crippen molar-refractivity contribution in [2.75, 3.05) is 6.61 Å². The molecule has 6 nitrogen and oxygen atoms in total. The molecule has 2 rings (SSSR count). The number of aliphatic hydroxyl groups excluding tert-OH is 4.